The number of aromatic nitrogens is 1. The quantitative estimate of drug-likeness (QED) is 0.558. The second-order valence-electron chi connectivity index (χ2n) is 6.24. The molecule has 3 aromatic rings. The SMILES string of the molecule is CCCc1c(-c2ccccc2C)nc2ccccc2c1C(=O)N=C(N)N. The summed E-state index contributed by atoms with van der Waals surface area (Å²) in [7, 11) is 0. The Morgan fingerprint density at radius 1 is 1.08 bits per heavy atom. The van der Waals surface area contributed by atoms with Crippen LogP contribution >= 0.6 is 0 Å². The second-order valence-corrected chi connectivity index (χ2v) is 6.24. The van der Waals surface area contributed by atoms with Gasteiger partial charge in [0, 0.05) is 10.9 Å². The predicted octanol–water partition coefficient (Wildman–Crippen LogP) is 3.58. The minimum absolute atomic E-state index is 0.240. The second kappa shape index (κ2) is 7.35. The molecule has 0 saturated carbocycles. The van der Waals surface area contributed by atoms with E-state index in [1.807, 2.05) is 55.5 Å². The molecular formula is C21H22N4O. The van der Waals surface area contributed by atoms with Crippen molar-refractivity contribution in [1.29, 1.82) is 0 Å². The van der Waals surface area contributed by atoms with Crippen LogP contribution in [0.1, 0.15) is 34.8 Å². The van der Waals surface area contributed by atoms with E-state index >= 15 is 0 Å². The highest BCUT2D eigenvalue weighted by Crippen LogP contribution is 2.33. The van der Waals surface area contributed by atoms with Crippen LogP contribution in [-0.4, -0.2) is 16.9 Å². The third kappa shape index (κ3) is 3.28. The molecule has 0 atom stereocenters. The molecule has 1 amide bonds. The first-order chi connectivity index (χ1) is 12.5. The molecule has 4 N–H and O–H groups in total. The molecule has 2 aromatic carbocycles. The maximum absolute atomic E-state index is 12.9. The number of hydrogen-bond acceptors (Lipinski definition) is 2. The van der Waals surface area contributed by atoms with Gasteiger partial charge in [-0.15, -0.1) is 0 Å². The Bertz CT molecular complexity index is 1000. The number of para-hydroxylation sites is 1. The zero-order valence-corrected chi connectivity index (χ0v) is 15.0. The highest BCUT2D eigenvalue weighted by atomic mass is 16.1. The van der Waals surface area contributed by atoms with Gasteiger partial charge in [-0.3, -0.25) is 4.79 Å². The smallest absolute Gasteiger partial charge is 0.281 e. The molecule has 3 rings (SSSR count). The highest BCUT2D eigenvalue weighted by molar-refractivity contribution is 6.12. The van der Waals surface area contributed by atoms with Crippen molar-refractivity contribution >= 4 is 22.8 Å². The minimum Gasteiger partial charge on any atom is -0.370 e. The van der Waals surface area contributed by atoms with Gasteiger partial charge >= 0.3 is 0 Å². The third-order valence-electron chi connectivity index (χ3n) is 4.34. The van der Waals surface area contributed by atoms with Gasteiger partial charge < -0.3 is 11.5 Å². The molecule has 0 radical (unpaired) electrons. The number of nitrogens with zero attached hydrogens (tertiary/aromatic N) is 2. The van der Waals surface area contributed by atoms with E-state index in [0.717, 1.165) is 39.7 Å². The van der Waals surface area contributed by atoms with E-state index in [0.29, 0.717) is 12.0 Å². The van der Waals surface area contributed by atoms with E-state index < -0.39 is 5.91 Å². The molecule has 0 fully saturated rings. The lowest BCUT2D eigenvalue weighted by molar-refractivity contribution is 0.100. The molecule has 0 aliphatic rings. The van der Waals surface area contributed by atoms with Gasteiger partial charge in [0.15, 0.2) is 5.96 Å². The number of rotatable bonds is 4. The Morgan fingerprint density at radius 2 is 1.77 bits per heavy atom. The average molecular weight is 346 g/mol. The number of aliphatic imine (C=N–C) groups is 1. The Hall–Kier alpha value is -3.21. The van der Waals surface area contributed by atoms with Crippen LogP contribution in [0, 0.1) is 6.92 Å². The molecule has 5 nitrogen and oxygen atoms in total. The highest BCUT2D eigenvalue weighted by Gasteiger charge is 2.21. The van der Waals surface area contributed by atoms with E-state index in [2.05, 4.69) is 11.9 Å². The van der Waals surface area contributed by atoms with Crippen molar-refractivity contribution in [3.8, 4) is 11.3 Å². The van der Waals surface area contributed by atoms with Gasteiger partial charge in [-0.1, -0.05) is 55.8 Å². The molecule has 5 heteroatoms. The van der Waals surface area contributed by atoms with Crippen LogP contribution in [0.5, 0.6) is 0 Å². The van der Waals surface area contributed by atoms with Gasteiger partial charge in [-0.25, -0.2) is 4.98 Å². The zero-order chi connectivity index (χ0) is 18.7. The fourth-order valence-electron chi connectivity index (χ4n) is 3.22. The number of carbonyl (C=O) groups is 1. The summed E-state index contributed by atoms with van der Waals surface area (Å²) in [6, 6.07) is 15.6. The van der Waals surface area contributed by atoms with Crippen molar-refractivity contribution in [3.05, 3.63) is 65.2 Å². The summed E-state index contributed by atoms with van der Waals surface area (Å²) in [5.74, 6) is -0.669. The van der Waals surface area contributed by atoms with E-state index in [9.17, 15) is 4.79 Å². The Balaban J connectivity index is 2.42. The predicted molar refractivity (Wildman–Crippen MR) is 106 cm³/mol. The number of aryl methyl sites for hydroxylation is 1. The lowest BCUT2D eigenvalue weighted by atomic mass is 9.92. The third-order valence-corrected chi connectivity index (χ3v) is 4.34. The molecule has 0 spiro atoms. The molecule has 132 valence electrons. The average Bonchev–Trinajstić information content (AvgIpc) is 2.61. The molecule has 0 unspecified atom stereocenters. The summed E-state index contributed by atoms with van der Waals surface area (Å²) in [4.78, 5) is 21.5. The lowest BCUT2D eigenvalue weighted by Gasteiger charge is -2.16. The van der Waals surface area contributed by atoms with E-state index in [1.165, 1.54) is 0 Å². The van der Waals surface area contributed by atoms with E-state index in [4.69, 9.17) is 16.5 Å². The number of guanidine groups is 1. The number of nitrogens with two attached hydrogens (primary N) is 2. The molecule has 26 heavy (non-hydrogen) atoms. The number of hydrogen-bond donors (Lipinski definition) is 2. The summed E-state index contributed by atoms with van der Waals surface area (Å²) < 4.78 is 0. The zero-order valence-electron chi connectivity index (χ0n) is 15.0. The van der Waals surface area contributed by atoms with Gasteiger partial charge in [-0.05, 0) is 30.5 Å². The van der Waals surface area contributed by atoms with Crippen LogP contribution < -0.4 is 11.5 Å². The normalized spacial score (nSPS) is 10.7. The topological polar surface area (TPSA) is 94.4 Å². The standard InChI is InChI=1S/C21H22N4O/c1-3-8-16-18(20(26)25-21(22)23)15-11-6-7-12-17(15)24-19(16)14-10-5-4-9-13(14)2/h4-7,9-12H,3,8H2,1-2H3,(H4,22,23,25,26). The lowest BCUT2D eigenvalue weighted by Crippen LogP contribution is -2.24. The fraction of sp³-hybridized carbons (Fsp3) is 0.190. The van der Waals surface area contributed by atoms with Crippen molar-refractivity contribution in [2.45, 2.75) is 26.7 Å². The van der Waals surface area contributed by atoms with Gasteiger partial charge in [0.1, 0.15) is 0 Å². The molecule has 1 heterocycles. The van der Waals surface area contributed by atoms with E-state index in [1.54, 1.807) is 0 Å². The first-order valence-corrected chi connectivity index (χ1v) is 8.64. The molecule has 0 aliphatic carbocycles. The molecular weight excluding hydrogens is 324 g/mol. The summed E-state index contributed by atoms with van der Waals surface area (Å²) in [6.45, 7) is 4.12. The summed E-state index contributed by atoms with van der Waals surface area (Å²) in [6.07, 6.45) is 1.59. The van der Waals surface area contributed by atoms with Crippen LogP contribution in [0.4, 0.5) is 0 Å². The van der Waals surface area contributed by atoms with Gasteiger partial charge in [0.2, 0.25) is 0 Å². The largest absolute Gasteiger partial charge is 0.370 e. The van der Waals surface area contributed by atoms with Gasteiger partial charge in [0.05, 0.1) is 16.8 Å². The van der Waals surface area contributed by atoms with Crippen molar-refractivity contribution in [3.63, 3.8) is 0 Å². The number of fused-ring (bicyclic) bond motifs is 1. The summed E-state index contributed by atoms with van der Waals surface area (Å²) >= 11 is 0. The number of carbonyl (C=O) groups excluding carboxylic acids is 1. The van der Waals surface area contributed by atoms with Crippen LogP contribution in [-0.2, 0) is 6.42 Å². The number of benzene rings is 2. The van der Waals surface area contributed by atoms with Crippen molar-refractivity contribution in [2.24, 2.45) is 16.5 Å². The number of amides is 1. The Labute approximate surface area is 152 Å². The molecule has 0 bridgehead atoms. The van der Waals surface area contributed by atoms with Crippen molar-refractivity contribution in [1.82, 2.24) is 4.98 Å². The van der Waals surface area contributed by atoms with Gasteiger partial charge in [0.25, 0.3) is 5.91 Å². The van der Waals surface area contributed by atoms with Crippen LogP contribution in [0.25, 0.3) is 22.2 Å². The fourth-order valence-corrected chi connectivity index (χ4v) is 3.22. The monoisotopic (exact) mass is 346 g/mol. The maximum atomic E-state index is 12.9. The summed E-state index contributed by atoms with van der Waals surface area (Å²) in [5.41, 5.74) is 16.0. The van der Waals surface area contributed by atoms with Crippen LogP contribution in [0.15, 0.2) is 53.5 Å². The molecule has 0 aliphatic heterocycles. The van der Waals surface area contributed by atoms with E-state index in [-0.39, 0.29) is 5.96 Å². The molecule has 1 aromatic heterocycles. The van der Waals surface area contributed by atoms with Crippen molar-refractivity contribution < 1.29 is 4.79 Å². The Kier molecular flexibility index (Phi) is 4.98. The number of pyridine rings is 1. The first-order valence-electron chi connectivity index (χ1n) is 8.64. The maximum Gasteiger partial charge on any atom is 0.281 e. The van der Waals surface area contributed by atoms with Gasteiger partial charge in [-0.2, -0.15) is 4.99 Å². The van der Waals surface area contributed by atoms with Crippen LogP contribution in [0.2, 0.25) is 0 Å². The summed E-state index contributed by atoms with van der Waals surface area (Å²) in [5, 5.41) is 0.767. The van der Waals surface area contributed by atoms with Crippen molar-refractivity contribution in [2.75, 3.05) is 0 Å². The van der Waals surface area contributed by atoms with Crippen LogP contribution in [0.3, 0.4) is 0 Å². The Morgan fingerprint density at radius 3 is 2.46 bits per heavy atom. The minimum atomic E-state index is -0.429. The molecule has 0 saturated heterocycles. The first kappa shape index (κ1) is 17.6.